The van der Waals surface area contributed by atoms with E-state index in [0.29, 0.717) is 11.4 Å². The van der Waals surface area contributed by atoms with Crippen LogP contribution in [0.1, 0.15) is 23.7 Å². The fraction of sp³-hybridized carbons (Fsp3) is 0.200. The summed E-state index contributed by atoms with van der Waals surface area (Å²) < 4.78 is 18.2. The maximum absolute atomic E-state index is 13.1. The van der Waals surface area contributed by atoms with E-state index in [4.69, 9.17) is 10.5 Å². The molecular formula is C20H20FN3O5. The molecule has 8 nitrogen and oxygen atoms in total. The number of halogens is 1. The van der Waals surface area contributed by atoms with Crippen molar-refractivity contribution in [2.24, 2.45) is 5.73 Å². The van der Waals surface area contributed by atoms with Gasteiger partial charge in [-0.05, 0) is 48.5 Å². The van der Waals surface area contributed by atoms with Gasteiger partial charge in [0.15, 0.2) is 6.61 Å². The van der Waals surface area contributed by atoms with E-state index in [0.717, 1.165) is 0 Å². The van der Waals surface area contributed by atoms with Crippen LogP contribution >= 0.6 is 0 Å². The zero-order valence-corrected chi connectivity index (χ0v) is 15.7. The first-order chi connectivity index (χ1) is 13.8. The van der Waals surface area contributed by atoms with Gasteiger partial charge >= 0.3 is 5.97 Å². The van der Waals surface area contributed by atoms with E-state index in [9.17, 15) is 23.6 Å². The first kappa shape index (κ1) is 21.5. The second-order valence-corrected chi connectivity index (χ2v) is 6.07. The van der Waals surface area contributed by atoms with Crippen molar-refractivity contribution >= 4 is 35.1 Å². The number of amides is 3. The molecule has 0 atom stereocenters. The monoisotopic (exact) mass is 401 g/mol. The molecule has 0 fully saturated rings. The van der Waals surface area contributed by atoms with Crippen molar-refractivity contribution in [1.29, 1.82) is 0 Å². The van der Waals surface area contributed by atoms with E-state index < -0.39 is 30.2 Å². The number of nitrogens with zero attached hydrogens (tertiary/aromatic N) is 1. The first-order valence-electron chi connectivity index (χ1n) is 8.65. The fourth-order valence-electron chi connectivity index (χ4n) is 2.42. The minimum Gasteiger partial charge on any atom is -0.452 e. The van der Waals surface area contributed by atoms with Crippen molar-refractivity contribution in [2.45, 2.75) is 13.3 Å². The molecule has 0 saturated carbocycles. The normalized spacial score (nSPS) is 10.1. The lowest BCUT2D eigenvalue weighted by Gasteiger charge is -2.22. The fourth-order valence-corrected chi connectivity index (χ4v) is 2.42. The van der Waals surface area contributed by atoms with Crippen LogP contribution in [0.25, 0.3) is 0 Å². The van der Waals surface area contributed by atoms with Crippen LogP contribution in [-0.4, -0.2) is 36.8 Å². The molecule has 2 aromatic carbocycles. The Bertz CT molecular complexity index is 897. The van der Waals surface area contributed by atoms with Crippen molar-refractivity contribution in [2.75, 3.05) is 23.4 Å². The number of nitrogens with two attached hydrogens (primary N) is 1. The van der Waals surface area contributed by atoms with Crippen LogP contribution in [-0.2, 0) is 19.1 Å². The highest BCUT2D eigenvalue weighted by atomic mass is 19.1. The standard InChI is InChI=1S/C20H20FN3O5/c1-13(25)23-16-6-2-14(3-7-16)20(28)29-12-19(27)24(11-10-18(22)26)17-8-4-15(21)5-9-17/h2-9H,10-12H2,1H3,(H2,22,26)(H,23,25). The number of ether oxygens (including phenoxy) is 1. The summed E-state index contributed by atoms with van der Waals surface area (Å²) in [6, 6.07) is 11.0. The van der Waals surface area contributed by atoms with Gasteiger partial charge in [-0.2, -0.15) is 0 Å². The second-order valence-electron chi connectivity index (χ2n) is 6.07. The predicted molar refractivity (Wildman–Crippen MR) is 104 cm³/mol. The average Bonchev–Trinajstić information content (AvgIpc) is 2.67. The van der Waals surface area contributed by atoms with E-state index in [1.54, 1.807) is 0 Å². The van der Waals surface area contributed by atoms with Crippen LogP contribution in [0, 0.1) is 5.82 Å². The number of hydrogen-bond acceptors (Lipinski definition) is 5. The molecule has 0 heterocycles. The summed E-state index contributed by atoms with van der Waals surface area (Å²) in [6.07, 6.45) is -0.109. The Hall–Kier alpha value is -3.75. The Labute approximate surface area is 166 Å². The van der Waals surface area contributed by atoms with Crippen molar-refractivity contribution < 1.29 is 28.3 Å². The molecular weight excluding hydrogens is 381 g/mol. The van der Waals surface area contributed by atoms with Crippen LogP contribution in [0.4, 0.5) is 15.8 Å². The summed E-state index contributed by atoms with van der Waals surface area (Å²) in [5, 5.41) is 2.57. The van der Waals surface area contributed by atoms with Crippen molar-refractivity contribution in [3.05, 3.63) is 59.9 Å². The van der Waals surface area contributed by atoms with Gasteiger partial charge in [0, 0.05) is 31.3 Å². The molecule has 152 valence electrons. The number of rotatable bonds is 8. The lowest BCUT2D eigenvalue weighted by molar-refractivity contribution is -0.122. The largest absolute Gasteiger partial charge is 0.452 e. The lowest BCUT2D eigenvalue weighted by atomic mass is 10.2. The van der Waals surface area contributed by atoms with Crippen LogP contribution in [0.3, 0.4) is 0 Å². The van der Waals surface area contributed by atoms with Gasteiger partial charge in [0.25, 0.3) is 5.91 Å². The molecule has 2 aromatic rings. The van der Waals surface area contributed by atoms with E-state index in [-0.39, 0.29) is 24.4 Å². The van der Waals surface area contributed by atoms with Gasteiger partial charge in [0.2, 0.25) is 11.8 Å². The third-order valence-corrected chi connectivity index (χ3v) is 3.79. The predicted octanol–water partition coefficient (Wildman–Crippen LogP) is 1.85. The summed E-state index contributed by atoms with van der Waals surface area (Å²) in [4.78, 5) is 47.9. The van der Waals surface area contributed by atoms with Gasteiger partial charge in [0.1, 0.15) is 5.82 Å². The SMILES string of the molecule is CC(=O)Nc1ccc(C(=O)OCC(=O)N(CCC(N)=O)c2ccc(F)cc2)cc1. The number of carbonyl (C=O) groups is 4. The number of esters is 1. The third kappa shape index (κ3) is 6.73. The highest BCUT2D eigenvalue weighted by Gasteiger charge is 2.19. The Morgan fingerprint density at radius 2 is 1.66 bits per heavy atom. The summed E-state index contributed by atoms with van der Waals surface area (Å²) in [7, 11) is 0. The molecule has 29 heavy (non-hydrogen) atoms. The van der Waals surface area contributed by atoms with Gasteiger partial charge in [-0.3, -0.25) is 14.4 Å². The molecule has 0 aliphatic rings. The van der Waals surface area contributed by atoms with E-state index in [1.165, 1.54) is 60.4 Å². The van der Waals surface area contributed by atoms with E-state index in [2.05, 4.69) is 5.32 Å². The summed E-state index contributed by atoms with van der Waals surface area (Å²) in [5.41, 5.74) is 6.18. The van der Waals surface area contributed by atoms with Crippen molar-refractivity contribution in [3.8, 4) is 0 Å². The number of primary amides is 1. The number of benzene rings is 2. The molecule has 0 radical (unpaired) electrons. The minimum absolute atomic E-state index is 0.0389. The molecule has 0 aliphatic carbocycles. The quantitative estimate of drug-likeness (QED) is 0.655. The smallest absolute Gasteiger partial charge is 0.338 e. The van der Waals surface area contributed by atoms with Crippen LogP contribution < -0.4 is 16.0 Å². The molecule has 0 saturated heterocycles. The molecule has 0 bridgehead atoms. The zero-order chi connectivity index (χ0) is 21.4. The van der Waals surface area contributed by atoms with Crippen LogP contribution in [0.15, 0.2) is 48.5 Å². The Balaban J connectivity index is 2.02. The molecule has 3 N–H and O–H groups in total. The van der Waals surface area contributed by atoms with Gasteiger partial charge in [0.05, 0.1) is 5.56 Å². The maximum atomic E-state index is 13.1. The molecule has 9 heteroatoms. The highest BCUT2D eigenvalue weighted by molar-refractivity contribution is 5.98. The Kier molecular flexibility index (Phi) is 7.41. The number of nitrogens with one attached hydrogen (secondary N) is 1. The maximum Gasteiger partial charge on any atom is 0.338 e. The van der Waals surface area contributed by atoms with Gasteiger partial charge in [-0.15, -0.1) is 0 Å². The first-order valence-corrected chi connectivity index (χ1v) is 8.65. The molecule has 0 spiro atoms. The zero-order valence-electron chi connectivity index (χ0n) is 15.7. The summed E-state index contributed by atoms with van der Waals surface area (Å²) in [5.74, 6) is -2.67. The highest BCUT2D eigenvalue weighted by Crippen LogP contribution is 2.16. The van der Waals surface area contributed by atoms with Crippen LogP contribution in [0.2, 0.25) is 0 Å². The average molecular weight is 401 g/mol. The summed E-state index contributed by atoms with van der Waals surface area (Å²) >= 11 is 0. The van der Waals surface area contributed by atoms with Gasteiger partial charge in [-0.1, -0.05) is 0 Å². The lowest BCUT2D eigenvalue weighted by Crippen LogP contribution is -2.37. The minimum atomic E-state index is -0.735. The van der Waals surface area contributed by atoms with E-state index in [1.807, 2.05) is 0 Å². The molecule has 0 aromatic heterocycles. The second kappa shape index (κ2) is 9.98. The molecule has 0 unspecified atom stereocenters. The Morgan fingerprint density at radius 3 is 2.21 bits per heavy atom. The van der Waals surface area contributed by atoms with Gasteiger partial charge in [-0.25, -0.2) is 9.18 Å². The number of hydrogen-bond donors (Lipinski definition) is 2. The summed E-state index contributed by atoms with van der Waals surface area (Å²) in [6.45, 7) is 0.740. The topological polar surface area (TPSA) is 119 Å². The Morgan fingerprint density at radius 1 is 1.03 bits per heavy atom. The molecule has 3 amide bonds. The number of anilines is 2. The van der Waals surface area contributed by atoms with Crippen LogP contribution in [0.5, 0.6) is 0 Å². The molecule has 2 rings (SSSR count). The number of carbonyl (C=O) groups excluding carboxylic acids is 4. The third-order valence-electron chi connectivity index (χ3n) is 3.79. The van der Waals surface area contributed by atoms with E-state index >= 15 is 0 Å². The van der Waals surface area contributed by atoms with Crippen molar-refractivity contribution in [1.82, 2.24) is 0 Å². The van der Waals surface area contributed by atoms with Crippen molar-refractivity contribution in [3.63, 3.8) is 0 Å². The van der Waals surface area contributed by atoms with Gasteiger partial charge < -0.3 is 20.7 Å². The molecule has 0 aliphatic heterocycles.